The smallest absolute Gasteiger partial charge is 0.300 e. The van der Waals surface area contributed by atoms with Crippen LogP contribution in [0.2, 0.25) is 15.3 Å². The minimum atomic E-state index is -4.94. The molecule has 3 heterocycles. The van der Waals surface area contributed by atoms with Gasteiger partial charge < -0.3 is 25.4 Å². The second-order valence-electron chi connectivity index (χ2n) is 9.48. The van der Waals surface area contributed by atoms with Crippen LogP contribution in [-0.4, -0.2) is 60.2 Å². The first-order valence-electron chi connectivity index (χ1n) is 13.0. The van der Waals surface area contributed by atoms with Crippen molar-refractivity contribution < 1.29 is 35.4 Å². The maximum Gasteiger partial charge on any atom is 0.300 e. The normalized spacial score (nSPS) is 12.8. The molecule has 16 nitrogen and oxygen atoms in total. The molecule has 2 aliphatic rings. The number of fused-ring (bicyclic) bond motifs is 4. The Balaban J connectivity index is 1.39. The van der Waals surface area contributed by atoms with Crippen LogP contribution in [-0.2, 0) is 20.2 Å². The number of nitrogens with one attached hydrogen (secondary N) is 3. The summed E-state index contributed by atoms with van der Waals surface area (Å²) in [5.74, 6) is -1.04. The number of benzene rings is 3. The predicted molar refractivity (Wildman–Crippen MR) is 177 cm³/mol. The Hall–Kier alpha value is -4.13. The van der Waals surface area contributed by atoms with E-state index in [-0.39, 0.29) is 85.1 Å². The average molecular weight is 772 g/mol. The lowest BCUT2D eigenvalue weighted by molar-refractivity contribution is 0.428. The van der Waals surface area contributed by atoms with Crippen LogP contribution in [0.4, 0.5) is 28.7 Å². The summed E-state index contributed by atoms with van der Waals surface area (Å²) in [5, 5.41) is 7.88. The molecule has 0 unspecified atom stereocenters. The van der Waals surface area contributed by atoms with E-state index in [2.05, 4.69) is 46.9 Å². The SMILES string of the molecule is C#CNc1ccc2c(c1S(=O)(=O)O)Oc1c(Cl)c3c(c(Cl)c1=N2)Oc1c(ccc(NCCNc2nc(Cl)nc(SC)n2)c1S(=O)(=O)O)N=3. The molecule has 0 aliphatic carbocycles. The van der Waals surface area contributed by atoms with E-state index in [9.17, 15) is 25.9 Å². The van der Waals surface area contributed by atoms with Gasteiger partial charge in [0.25, 0.3) is 20.2 Å². The van der Waals surface area contributed by atoms with Gasteiger partial charge in [0.1, 0.15) is 32.1 Å². The lowest BCUT2D eigenvalue weighted by atomic mass is 10.2. The standard InChI is InChI=1S/C26H17Cl3N8O8S3/c1-3-30-12-6-4-10-18(22(12)47(38,39)40)44-20-14(27)17-21(15(28)16(20)33-10)45-19-11(34-17)5-7-13(23(19)48(41,42)43)31-8-9-32-25-35-24(29)36-26(37-25)46-2/h1,4-7,30-31H,8-9H2,2H3,(H,38,39,40)(H,41,42,43)(H,32,35,36,37). The molecule has 3 aromatic carbocycles. The molecule has 4 aromatic rings. The zero-order valence-corrected chi connectivity index (χ0v) is 28.5. The molecular weight excluding hydrogens is 755 g/mol. The van der Waals surface area contributed by atoms with Crippen molar-refractivity contribution >= 4 is 95.5 Å². The Bertz CT molecular complexity index is 2450. The molecule has 48 heavy (non-hydrogen) atoms. The molecule has 0 spiro atoms. The molecule has 0 saturated heterocycles. The third-order valence-electron chi connectivity index (χ3n) is 6.52. The number of rotatable bonds is 9. The van der Waals surface area contributed by atoms with Crippen molar-refractivity contribution in [1.29, 1.82) is 0 Å². The number of terminal acetylenes is 1. The molecule has 0 radical (unpaired) electrons. The van der Waals surface area contributed by atoms with Crippen LogP contribution >= 0.6 is 46.6 Å². The van der Waals surface area contributed by atoms with Crippen LogP contribution in [0.15, 0.2) is 49.2 Å². The summed E-state index contributed by atoms with van der Waals surface area (Å²) in [6.45, 7) is 0.313. The van der Waals surface area contributed by atoms with Crippen molar-refractivity contribution in [2.75, 3.05) is 35.3 Å². The molecule has 0 fully saturated rings. The third-order valence-corrected chi connectivity index (χ3v) is 9.78. The van der Waals surface area contributed by atoms with Gasteiger partial charge in [-0.1, -0.05) is 41.4 Å². The largest absolute Gasteiger partial charge is 0.450 e. The molecule has 0 saturated carbocycles. The van der Waals surface area contributed by atoms with Gasteiger partial charge in [0.15, 0.2) is 37.9 Å². The lowest BCUT2D eigenvalue weighted by Crippen LogP contribution is -2.23. The van der Waals surface area contributed by atoms with Crippen LogP contribution in [0, 0.1) is 12.5 Å². The molecule has 5 N–H and O–H groups in total. The van der Waals surface area contributed by atoms with Crippen molar-refractivity contribution in [3.05, 3.63) is 50.3 Å². The quantitative estimate of drug-likeness (QED) is 0.0442. The first kappa shape index (κ1) is 33.8. The number of aromatic nitrogens is 3. The maximum atomic E-state index is 12.7. The fourth-order valence-corrected chi connectivity index (χ4v) is 7.29. The first-order chi connectivity index (χ1) is 22.7. The van der Waals surface area contributed by atoms with Crippen LogP contribution in [0.1, 0.15) is 0 Å². The Morgan fingerprint density at radius 3 is 1.83 bits per heavy atom. The van der Waals surface area contributed by atoms with E-state index in [4.69, 9.17) is 50.7 Å². The van der Waals surface area contributed by atoms with Crippen molar-refractivity contribution in [3.63, 3.8) is 0 Å². The van der Waals surface area contributed by atoms with Gasteiger partial charge in [0, 0.05) is 19.1 Å². The summed E-state index contributed by atoms with van der Waals surface area (Å²) >= 11 is 20.5. The van der Waals surface area contributed by atoms with E-state index in [1.54, 1.807) is 6.26 Å². The van der Waals surface area contributed by atoms with Crippen LogP contribution in [0.3, 0.4) is 0 Å². The van der Waals surface area contributed by atoms with Gasteiger partial charge in [-0.3, -0.25) is 9.11 Å². The number of hydrogen-bond acceptors (Lipinski definition) is 15. The topological polar surface area (TPSA) is 227 Å². The van der Waals surface area contributed by atoms with E-state index >= 15 is 0 Å². The fourth-order valence-electron chi connectivity index (χ4n) is 4.63. The summed E-state index contributed by atoms with van der Waals surface area (Å²) in [7, 11) is -9.84. The van der Waals surface area contributed by atoms with Crippen molar-refractivity contribution in [1.82, 2.24) is 15.0 Å². The number of hydrogen-bond donors (Lipinski definition) is 5. The van der Waals surface area contributed by atoms with E-state index in [0.717, 1.165) is 0 Å². The molecule has 2 aliphatic heterocycles. The zero-order chi connectivity index (χ0) is 34.5. The van der Waals surface area contributed by atoms with Crippen molar-refractivity contribution in [2.24, 2.45) is 9.98 Å². The second-order valence-corrected chi connectivity index (χ2v) is 14.1. The van der Waals surface area contributed by atoms with Gasteiger partial charge in [0.05, 0.1) is 11.4 Å². The van der Waals surface area contributed by atoms with Gasteiger partial charge in [0.2, 0.25) is 11.2 Å². The molecule has 0 atom stereocenters. The third kappa shape index (κ3) is 6.24. The molecular formula is C26H17Cl3N8O8S3. The number of halogens is 3. The highest BCUT2D eigenvalue weighted by atomic mass is 35.5. The fraction of sp³-hybridized carbons (Fsp3) is 0.115. The van der Waals surface area contributed by atoms with Gasteiger partial charge >= 0.3 is 0 Å². The van der Waals surface area contributed by atoms with Crippen LogP contribution in [0.25, 0.3) is 0 Å². The lowest BCUT2D eigenvalue weighted by Gasteiger charge is -2.23. The second kappa shape index (κ2) is 12.7. The predicted octanol–water partition coefficient (Wildman–Crippen LogP) is 4.69. The molecule has 0 amide bonds. The van der Waals surface area contributed by atoms with E-state index in [1.165, 1.54) is 36.0 Å². The van der Waals surface area contributed by atoms with Gasteiger partial charge in [-0.25, -0.2) is 9.98 Å². The summed E-state index contributed by atoms with van der Waals surface area (Å²) in [6.07, 6.45) is 7.03. The van der Waals surface area contributed by atoms with E-state index in [1.807, 2.05) is 0 Å². The molecule has 6 rings (SSSR count). The first-order valence-corrected chi connectivity index (χ1v) is 18.2. The van der Waals surface area contributed by atoms with Crippen molar-refractivity contribution in [3.8, 4) is 35.5 Å². The molecule has 1 aromatic heterocycles. The minimum absolute atomic E-state index is 0.00714. The highest BCUT2D eigenvalue weighted by molar-refractivity contribution is 7.98. The zero-order valence-electron chi connectivity index (χ0n) is 23.7. The number of ether oxygens (including phenoxy) is 2. The molecule has 22 heteroatoms. The van der Waals surface area contributed by atoms with Gasteiger partial charge in [-0.2, -0.15) is 31.8 Å². The highest BCUT2D eigenvalue weighted by Gasteiger charge is 2.34. The van der Waals surface area contributed by atoms with Gasteiger partial charge in [-0.05, 0) is 42.1 Å². The Morgan fingerprint density at radius 2 is 1.31 bits per heavy atom. The summed E-state index contributed by atoms with van der Waals surface area (Å²) < 4.78 is 81.9. The minimum Gasteiger partial charge on any atom is -0.450 e. The molecule has 248 valence electrons. The van der Waals surface area contributed by atoms with Crippen LogP contribution in [0.5, 0.6) is 23.0 Å². The van der Waals surface area contributed by atoms with E-state index in [0.29, 0.717) is 5.16 Å². The van der Waals surface area contributed by atoms with Gasteiger partial charge in [-0.15, -0.1) is 0 Å². The summed E-state index contributed by atoms with van der Waals surface area (Å²) in [6, 6.07) is 7.41. The Kier molecular flexibility index (Phi) is 8.95. The highest BCUT2D eigenvalue weighted by Crippen LogP contribution is 2.48. The van der Waals surface area contributed by atoms with Crippen LogP contribution < -0.4 is 36.1 Å². The molecule has 0 bridgehead atoms. The Morgan fingerprint density at radius 1 is 0.792 bits per heavy atom. The van der Waals surface area contributed by atoms with Crippen molar-refractivity contribution in [2.45, 2.75) is 14.9 Å². The summed E-state index contributed by atoms with van der Waals surface area (Å²) in [4.78, 5) is 19.5. The number of nitrogens with zero attached hydrogens (tertiary/aromatic N) is 5. The average Bonchev–Trinajstić information content (AvgIpc) is 3.02. The van der Waals surface area contributed by atoms with E-state index < -0.39 is 35.8 Å². The maximum absolute atomic E-state index is 12.7. The number of anilines is 3. The number of thioether (sulfide) groups is 1. The summed E-state index contributed by atoms with van der Waals surface area (Å²) in [5.41, 5.74) is -0.344. The monoisotopic (exact) mass is 770 g/mol. The Labute approximate surface area is 290 Å².